The molecule has 7 rings (SSSR count). The molecule has 0 spiro atoms. The smallest absolute Gasteiger partial charge is 0.384 e. The zero-order valence-corrected chi connectivity index (χ0v) is 39.8. The minimum atomic E-state index is -4.42. The fraction of sp³-hybridized carbons (Fsp3) is 0.320. The zero-order valence-electron chi connectivity index (χ0n) is 37.6. The van der Waals surface area contributed by atoms with Gasteiger partial charge in [-0.05, 0) is 109 Å². The number of carbonyl (C=O) groups excluding carboxylic acids is 4. The van der Waals surface area contributed by atoms with Crippen molar-refractivity contribution in [2.75, 3.05) is 13.1 Å². The Kier molecular flexibility index (Phi) is 16.2. The molecule has 5 aromatic carbocycles. The molecule has 5 aromatic rings. The van der Waals surface area contributed by atoms with Crippen LogP contribution in [0.2, 0.25) is 15.1 Å². The first kappa shape index (κ1) is 52.4. The molecule has 0 saturated carbocycles. The summed E-state index contributed by atoms with van der Waals surface area (Å²) in [5.74, 6) is -2.45. The molecule has 10 nitrogen and oxygen atoms in total. The number of carbonyl (C=O) groups is 4. The summed E-state index contributed by atoms with van der Waals surface area (Å²) in [5.41, 5.74) is 5.40. The molecular formula is C50H45Cl3F6N4O6. The standard InChI is InChI=1S/C27H24ClF3N2O3.C23H21Cl2F3N2O3/c1-16-11-17(13-18(28)12-16)26(2)14-24(33-36-26)22-7-8-23(21-6-4-3-5-20(21)22)25(35)32-15-19(34)9-10-27(29,30)31;1-13-7-14(3-4-19(13)21(32)29-12-18(31)5-6-23(26,27)28)20-11-22(2,33-30-20)15-8-16(24)10-17(25)9-15/h3-8,11-13H,9-10,14-15H2,1-2H3,(H,32,35);3-4,7-10H,5-6,11-12H2,1-2H3,(H,29,32). The van der Waals surface area contributed by atoms with E-state index in [1.54, 1.807) is 67.6 Å². The number of rotatable bonds is 14. The van der Waals surface area contributed by atoms with Crippen LogP contribution in [0.1, 0.15) is 106 Å². The molecule has 0 radical (unpaired) electrons. The SMILES string of the molecule is Cc1cc(C2=NOC(C)(c3cc(Cl)cc(Cl)c3)C2)ccc1C(=O)NCC(=O)CCC(F)(F)F.Cc1cc(Cl)cc(C2(C)CC(c3ccc(C(=O)NCC(=O)CCC(F)(F)F)c4ccccc34)=NO2)c1. The minimum absolute atomic E-state index is 0.311. The van der Waals surface area contributed by atoms with E-state index < -0.39 is 85.7 Å². The number of aryl methyl sites for hydroxylation is 2. The Balaban J connectivity index is 0.000000228. The molecule has 2 heterocycles. The lowest BCUT2D eigenvalue weighted by Gasteiger charge is -2.22. The van der Waals surface area contributed by atoms with Gasteiger partial charge in [0, 0.05) is 63.0 Å². The van der Waals surface area contributed by atoms with Gasteiger partial charge in [0.05, 0.1) is 37.4 Å². The third-order valence-corrected chi connectivity index (χ3v) is 12.1. The fourth-order valence-corrected chi connectivity index (χ4v) is 8.54. The zero-order chi connectivity index (χ0) is 50.5. The highest BCUT2D eigenvalue weighted by Gasteiger charge is 2.39. The van der Waals surface area contributed by atoms with Crippen LogP contribution < -0.4 is 10.6 Å². The number of halogens is 9. The van der Waals surface area contributed by atoms with Crippen molar-refractivity contribution in [1.82, 2.24) is 10.6 Å². The lowest BCUT2D eigenvalue weighted by molar-refractivity contribution is -0.142. The molecule has 0 saturated heterocycles. The number of amides is 2. The summed E-state index contributed by atoms with van der Waals surface area (Å²) in [5, 5.41) is 16.3. The van der Waals surface area contributed by atoms with Crippen LogP contribution in [0.5, 0.6) is 0 Å². The summed E-state index contributed by atoms with van der Waals surface area (Å²) >= 11 is 18.5. The summed E-state index contributed by atoms with van der Waals surface area (Å²) in [6, 6.07) is 26.6. The summed E-state index contributed by atoms with van der Waals surface area (Å²) in [4.78, 5) is 60.1. The molecular weight excluding hydrogens is 973 g/mol. The first-order valence-corrected chi connectivity index (χ1v) is 22.6. The maximum Gasteiger partial charge on any atom is 0.389 e. The third-order valence-electron chi connectivity index (χ3n) is 11.4. The van der Waals surface area contributed by atoms with Gasteiger partial charge in [0.15, 0.2) is 22.8 Å². The number of ketones is 2. The highest BCUT2D eigenvalue weighted by atomic mass is 35.5. The van der Waals surface area contributed by atoms with Gasteiger partial charge in [0.25, 0.3) is 11.8 Å². The highest BCUT2D eigenvalue weighted by molar-refractivity contribution is 6.34. The summed E-state index contributed by atoms with van der Waals surface area (Å²) in [7, 11) is 0. The second kappa shape index (κ2) is 21.3. The molecule has 0 aromatic heterocycles. The van der Waals surface area contributed by atoms with Gasteiger partial charge >= 0.3 is 12.4 Å². The average Bonchev–Trinajstić information content (AvgIpc) is 3.89. The van der Waals surface area contributed by atoms with E-state index in [0.717, 1.165) is 33.2 Å². The van der Waals surface area contributed by atoms with Gasteiger partial charge in [-0.15, -0.1) is 0 Å². The van der Waals surface area contributed by atoms with E-state index in [9.17, 15) is 45.5 Å². The molecule has 2 aliphatic heterocycles. The molecule has 2 unspecified atom stereocenters. The van der Waals surface area contributed by atoms with Crippen LogP contribution in [0.3, 0.4) is 0 Å². The molecule has 0 bridgehead atoms. The number of benzene rings is 5. The Labute approximate surface area is 408 Å². The van der Waals surface area contributed by atoms with E-state index in [-0.39, 0.29) is 0 Å². The number of nitrogens with zero attached hydrogens (tertiary/aromatic N) is 2. The lowest BCUT2D eigenvalue weighted by atomic mass is 9.86. The Morgan fingerprint density at radius 2 is 1.09 bits per heavy atom. The van der Waals surface area contributed by atoms with Crippen LogP contribution >= 0.6 is 34.8 Å². The molecule has 0 fully saturated rings. The molecule has 364 valence electrons. The Morgan fingerprint density at radius 3 is 1.62 bits per heavy atom. The van der Waals surface area contributed by atoms with Gasteiger partial charge in [-0.1, -0.05) is 87.6 Å². The number of hydrogen-bond donors (Lipinski definition) is 2. The molecule has 2 amide bonds. The monoisotopic (exact) mass is 1020 g/mol. The van der Waals surface area contributed by atoms with Gasteiger partial charge in [0.1, 0.15) is 0 Å². The minimum Gasteiger partial charge on any atom is -0.384 e. The van der Waals surface area contributed by atoms with Gasteiger partial charge < -0.3 is 20.3 Å². The van der Waals surface area contributed by atoms with E-state index in [1.807, 2.05) is 51.1 Å². The van der Waals surface area contributed by atoms with E-state index >= 15 is 0 Å². The number of Topliss-reactive ketones (excluding diaryl/α,β-unsaturated/α-hetero) is 2. The number of fused-ring (bicyclic) bond motifs is 1. The molecule has 0 aliphatic carbocycles. The van der Waals surface area contributed by atoms with E-state index in [2.05, 4.69) is 20.9 Å². The second-order valence-corrected chi connectivity index (χ2v) is 18.5. The Hall–Kier alpha value is -5.97. The number of nitrogens with one attached hydrogen (secondary N) is 2. The van der Waals surface area contributed by atoms with Crippen molar-refractivity contribution in [3.63, 3.8) is 0 Å². The summed E-state index contributed by atoms with van der Waals surface area (Å²) in [6.07, 6.45) is -11.7. The largest absolute Gasteiger partial charge is 0.389 e. The molecule has 19 heteroatoms. The first-order chi connectivity index (χ1) is 32.3. The van der Waals surface area contributed by atoms with Crippen molar-refractivity contribution < 1.29 is 55.2 Å². The predicted molar refractivity (Wildman–Crippen MR) is 252 cm³/mol. The molecule has 2 aliphatic rings. The van der Waals surface area contributed by atoms with Crippen LogP contribution in [0, 0.1) is 13.8 Å². The van der Waals surface area contributed by atoms with Gasteiger partial charge in [0.2, 0.25) is 0 Å². The van der Waals surface area contributed by atoms with Crippen molar-refractivity contribution in [3.05, 3.63) is 151 Å². The quantitative estimate of drug-likeness (QED) is 0.106. The summed E-state index contributed by atoms with van der Waals surface area (Å²) in [6.45, 7) is 6.55. The normalized spacial score (nSPS) is 17.8. The van der Waals surface area contributed by atoms with Crippen molar-refractivity contribution >= 4 is 80.4 Å². The maximum atomic E-state index is 12.8. The van der Waals surface area contributed by atoms with E-state index in [1.165, 1.54) is 0 Å². The number of hydrogen-bond acceptors (Lipinski definition) is 8. The topological polar surface area (TPSA) is 136 Å². The summed E-state index contributed by atoms with van der Waals surface area (Å²) < 4.78 is 73.6. The third kappa shape index (κ3) is 13.9. The van der Waals surface area contributed by atoms with Crippen molar-refractivity contribution in [3.8, 4) is 0 Å². The van der Waals surface area contributed by atoms with E-state index in [4.69, 9.17) is 44.5 Å². The maximum absolute atomic E-state index is 12.8. The fourth-order valence-electron chi connectivity index (χ4n) is 7.72. The Bertz CT molecular complexity index is 2830. The number of alkyl halides is 6. The number of oxime groups is 2. The lowest BCUT2D eigenvalue weighted by Crippen LogP contribution is -2.30. The van der Waals surface area contributed by atoms with Crippen LogP contribution in [0.25, 0.3) is 10.8 Å². The van der Waals surface area contributed by atoms with Crippen LogP contribution in [-0.2, 0) is 30.5 Å². The van der Waals surface area contributed by atoms with Crippen molar-refractivity contribution in [1.29, 1.82) is 0 Å². The van der Waals surface area contributed by atoms with Gasteiger partial charge in [-0.2, -0.15) is 26.3 Å². The predicted octanol–water partition coefficient (Wildman–Crippen LogP) is 12.5. The van der Waals surface area contributed by atoms with Crippen molar-refractivity contribution in [2.45, 2.75) is 89.8 Å². The van der Waals surface area contributed by atoms with Crippen molar-refractivity contribution in [2.24, 2.45) is 10.3 Å². The first-order valence-electron chi connectivity index (χ1n) is 21.4. The second-order valence-electron chi connectivity index (χ2n) is 17.2. The molecule has 2 atom stereocenters. The highest BCUT2D eigenvalue weighted by Crippen LogP contribution is 2.40. The van der Waals surface area contributed by atoms with Gasteiger partial charge in [-0.25, -0.2) is 0 Å². The van der Waals surface area contributed by atoms with Crippen LogP contribution in [0.15, 0.2) is 101 Å². The van der Waals surface area contributed by atoms with Crippen LogP contribution in [0.4, 0.5) is 26.3 Å². The molecule has 2 N–H and O–H groups in total. The van der Waals surface area contributed by atoms with Crippen LogP contribution in [-0.4, -0.2) is 60.2 Å². The average molecular weight is 1020 g/mol. The molecule has 69 heavy (non-hydrogen) atoms. The van der Waals surface area contributed by atoms with E-state index in [0.29, 0.717) is 61.4 Å². The van der Waals surface area contributed by atoms with Gasteiger partial charge in [-0.3, -0.25) is 19.2 Å². The Morgan fingerprint density at radius 1 is 0.609 bits per heavy atom.